The van der Waals surface area contributed by atoms with Crippen LogP contribution in [0.4, 0.5) is 5.95 Å². The number of nitrogens with zero attached hydrogens (tertiary/aromatic N) is 3. The third-order valence-corrected chi connectivity index (χ3v) is 4.34. The van der Waals surface area contributed by atoms with Crippen LogP contribution in [0.1, 0.15) is 11.3 Å². The summed E-state index contributed by atoms with van der Waals surface area (Å²) in [5, 5.41) is 7.17. The van der Waals surface area contributed by atoms with Gasteiger partial charge < -0.3 is 23.7 Å². The average Bonchev–Trinajstić information content (AvgIpc) is 3.43. The summed E-state index contributed by atoms with van der Waals surface area (Å²) in [5.74, 6) is 3.01. The van der Waals surface area contributed by atoms with E-state index in [1.54, 1.807) is 26.7 Å². The molecule has 148 valence electrons. The summed E-state index contributed by atoms with van der Waals surface area (Å²) < 4.78 is 21.6. The Labute approximate surface area is 167 Å². The van der Waals surface area contributed by atoms with E-state index in [-0.39, 0.29) is 0 Å². The minimum Gasteiger partial charge on any atom is -0.493 e. The second-order valence-electron chi connectivity index (χ2n) is 6.31. The number of benzene rings is 1. The van der Waals surface area contributed by atoms with E-state index in [9.17, 15) is 0 Å². The molecule has 0 spiro atoms. The molecule has 3 heterocycles. The molecule has 0 aliphatic heterocycles. The van der Waals surface area contributed by atoms with E-state index in [0.29, 0.717) is 46.8 Å². The van der Waals surface area contributed by atoms with Crippen molar-refractivity contribution in [3.05, 3.63) is 60.1 Å². The Morgan fingerprint density at radius 1 is 1.03 bits per heavy atom. The summed E-state index contributed by atoms with van der Waals surface area (Å²) in [4.78, 5) is 9.05. The van der Waals surface area contributed by atoms with Crippen molar-refractivity contribution < 1.29 is 18.4 Å². The van der Waals surface area contributed by atoms with Crippen molar-refractivity contribution >= 4 is 5.95 Å². The maximum Gasteiger partial charge on any atom is 0.223 e. The summed E-state index contributed by atoms with van der Waals surface area (Å²) >= 11 is 0. The van der Waals surface area contributed by atoms with Gasteiger partial charge in [0.2, 0.25) is 5.95 Å². The third-order valence-electron chi connectivity index (χ3n) is 4.34. The molecule has 0 aliphatic carbocycles. The van der Waals surface area contributed by atoms with Crippen LogP contribution in [0.5, 0.6) is 11.5 Å². The number of methoxy groups -OCH3 is 2. The molecule has 0 unspecified atom stereocenters. The number of ether oxygens (including phenoxy) is 2. The van der Waals surface area contributed by atoms with Crippen LogP contribution in [-0.4, -0.2) is 29.3 Å². The Hall–Kier alpha value is -3.81. The fourth-order valence-corrected chi connectivity index (χ4v) is 2.91. The maximum absolute atomic E-state index is 5.55. The van der Waals surface area contributed by atoms with Crippen LogP contribution in [0.15, 0.2) is 57.8 Å². The summed E-state index contributed by atoms with van der Waals surface area (Å²) in [7, 11) is 3.22. The second-order valence-corrected chi connectivity index (χ2v) is 6.31. The van der Waals surface area contributed by atoms with Gasteiger partial charge in [0.05, 0.1) is 31.7 Å². The van der Waals surface area contributed by atoms with Gasteiger partial charge in [-0.1, -0.05) is 11.2 Å². The molecule has 4 rings (SSSR count). The molecule has 0 fully saturated rings. The number of hydrogen-bond acceptors (Lipinski definition) is 8. The van der Waals surface area contributed by atoms with Gasteiger partial charge in [0, 0.05) is 18.8 Å². The number of nitrogens with one attached hydrogen (secondary N) is 1. The summed E-state index contributed by atoms with van der Waals surface area (Å²) in [6.45, 7) is 2.37. The van der Waals surface area contributed by atoms with Crippen LogP contribution in [0.25, 0.3) is 22.8 Å². The monoisotopic (exact) mass is 392 g/mol. The van der Waals surface area contributed by atoms with Gasteiger partial charge in [0.1, 0.15) is 5.69 Å². The van der Waals surface area contributed by atoms with Crippen molar-refractivity contribution in [2.24, 2.45) is 0 Å². The first-order chi connectivity index (χ1) is 14.2. The maximum atomic E-state index is 5.55. The Kier molecular flexibility index (Phi) is 5.15. The van der Waals surface area contributed by atoms with Crippen LogP contribution >= 0.6 is 0 Å². The van der Waals surface area contributed by atoms with Crippen LogP contribution in [0, 0.1) is 6.92 Å². The lowest BCUT2D eigenvalue weighted by atomic mass is 10.1. The number of aromatic nitrogens is 3. The smallest absolute Gasteiger partial charge is 0.223 e. The molecular formula is C21H20N4O4. The molecule has 0 bridgehead atoms. The summed E-state index contributed by atoms with van der Waals surface area (Å²) in [6.07, 6.45) is 3.30. The fraction of sp³-hybridized carbons (Fsp3) is 0.190. The van der Waals surface area contributed by atoms with E-state index in [4.69, 9.17) is 18.4 Å². The Bertz CT molecular complexity index is 1110. The fourth-order valence-electron chi connectivity index (χ4n) is 2.91. The highest BCUT2D eigenvalue weighted by Gasteiger charge is 2.17. The molecule has 1 N–H and O–H groups in total. The normalized spacial score (nSPS) is 10.7. The predicted molar refractivity (Wildman–Crippen MR) is 107 cm³/mol. The molecule has 0 atom stereocenters. The zero-order valence-electron chi connectivity index (χ0n) is 16.3. The van der Waals surface area contributed by atoms with Gasteiger partial charge in [-0.2, -0.15) is 0 Å². The minimum atomic E-state index is 0.464. The zero-order chi connectivity index (χ0) is 20.2. The molecule has 0 amide bonds. The molecule has 0 saturated heterocycles. The van der Waals surface area contributed by atoms with Crippen LogP contribution in [0.3, 0.4) is 0 Å². The van der Waals surface area contributed by atoms with Crippen LogP contribution < -0.4 is 14.8 Å². The average molecular weight is 392 g/mol. The standard InChI is InChI=1S/C21H20N4O4/c1-13-9-18(29-25-13)15-12-23-21(24-20(15)17-5-4-8-28-17)22-11-14-6-7-16(26-2)19(10-14)27-3/h4-10,12H,11H2,1-3H3,(H,22,23,24). The second kappa shape index (κ2) is 8.05. The largest absolute Gasteiger partial charge is 0.493 e. The molecule has 3 aromatic heterocycles. The van der Waals surface area contributed by atoms with Crippen molar-refractivity contribution in [3.63, 3.8) is 0 Å². The van der Waals surface area contributed by atoms with Crippen molar-refractivity contribution in [1.29, 1.82) is 0 Å². The number of aryl methyl sites for hydroxylation is 1. The molecule has 0 saturated carbocycles. The van der Waals surface area contributed by atoms with E-state index in [1.807, 2.05) is 43.3 Å². The first-order valence-corrected chi connectivity index (χ1v) is 8.97. The lowest BCUT2D eigenvalue weighted by molar-refractivity contribution is 0.354. The van der Waals surface area contributed by atoms with Gasteiger partial charge in [-0.05, 0) is 36.8 Å². The van der Waals surface area contributed by atoms with E-state index in [2.05, 4.69) is 20.4 Å². The highest BCUT2D eigenvalue weighted by atomic mass is 16.5. The highest BCUT2D eigenvalue weighted by molar-refractivity contribution is 5.75. The number of hydrogen-bond donors (Lipinski definition) is 1. The van der Waals surface area contributed by atoms with E-state index in [1.165, 1.54) is 0 Å². The van der Waals surface area contributed by atoms with E-state index >= 15 is 0 Å². The molecule has 0 radical (unpaired) electrons. The molecule has 1 aromatic carbocycles. The highest BCUT2D eigenvalue weighted by Crippen LogP contribution is 2.32. The molecular weight excluding hydrogens is 372 g/mol. The lowest BCUT2D eigenvalue weighted by Gasteiger charge is -2.11. The summed E-state index contributed by atoms with van der Waals surface area (Å²) in [6, 6.07) is 11.2. The Morgan fingerprint density at radius 2 is 1.90 bits per heavy atom. The summed E-state index contributed by atoms with van der Waals surface area (Å²) in [5.41, 5.74) is 3.11. The van der Waals surface area contributed by atoms with E-state index < -0.39 is 0 Å². The topological polar surface area (TPSA) is 95.4 Å². The van der Waals surface area contributed by atoms with Gasteiger partial charge in [0.15, 0.2) is 23.0 Å². The molecule has 0 aliphatic rings. The van der Waals surface area contributed by atoms with Gasteiger partial charge in [-0.25, -0.2) is 9.97 Å². The zero-order valence-corrected chi connectivity index (χ0v) is 16.3. The van der Waals surface area contributed by atoms with Gasteiger partial charge in [0.25, 0.3) is 0 Å². The van der Waals surface area contributed by atoms with Crippen molar-refractivity contribution in [1.82, 2.24) is 15.1 Å². The van der Waals surface area contributed by atoms with Crippen LogP contribution in [-0.2, 0) is 6.54 Å². The molecule has 8 nitrogen and oxygen atoms in total. The Balaban J connectivity index is 1.61. The molecule has 29 heavy (non-hydrogen) atoms. The van der Waals surface area contributed by atoms with Gasteiger partial charge in [-0.3, -0.25) is 0 Å². The first kappa shape index (κ1) is 18.5. The molecule has 4 aromatic rings. The van der Waals surface area contributed by atoms with Crippen molar-refractivity contribution in [2.75, 3.05) is 19.5 Å². The number of rotatable bonds is 7. The van der Waals surface area contributed by atoms with Gasteiger partial charge in [-0.15, -0.1) is 0 Å². The lowest BCUT2D eigenvalue weighted by Crippen LogP contribution is -2.05. The van der Waals surface area contributed by atoms with Gasteiger partial charge >= 0.3 is 0 Å². The number of furan rings is 1. The van der Waals surface area contributed by atoms with Crippen molar-refractivity contribution in [3.8, 4) is 34.3 Å². The number of anilines is 1. The molecule has 8 heteroatoms. The SMILES string of the molecule is COc1ccc(CNc2ncc(-c3cc(C)no3)c(-c3ccco3)n2)cc1OC. The predicted octanol–water partition coefficient (Wildman–Crippen LogP) is 4.33. The first-order valence-electron chi connectivity index (χ1n) is 8.97. The third kappa shape index (κ3) is 3.91. The van der Waals surface area contributed by atoms with Crippen LogP contribution in [0.2, 0.25) is 0 Å². The minimum absolute atomic E-state index is 0.464. The van der Waals surface area contributed by atoms with Crippen molar-refractivity contribution in [2.45, 2.75) is 13.5 Å². The van der Waals surface area contributed by atoms with E-state index in [0.717, 1.165) is 11.3 Å². The Morgan fingerprint density at radius 3 is 2.59 bits per heavy atom. The quantitative estimate of drug-likeness (QED) is 0.496.